The van der Waals surface area contributed by atoms with Crippen LogP contribution >= 0.6 is 15.9 Å². The van der Waals surface area contributed by atoms with Gasteiger partial charge in [0.25, 0.3) is 0 Å². The van der Waals surface area contributed by atoms with Crippen molar-refractivity contribution in [3.63, 3.8) is 0 Å². The number of hydrogen-bond acceptors (Lipinski definition) is 2. The van der Waals surface area contributed by atoms with Crippen LogP contribution in [-0.4, -0.2) is 13.7 Å². The zero-order valence-electron chi connectivity index (χ0n) is 13.3. The van der Waals surface area contributed by atoms with Gasteiger partial charge in [-0.2, -0.15) is 0 Å². The highest BCUT2D eigenvalue weighted by atomic mass is 79.9. The van der Waals surface area contributed by atoms with Crippen molar-refractivity contribution in [2.45, 2.75) is 57.9 Å². The summed E-state index contributed by atoms with van der Waals surface area (Å²) < 4.78 is 6.62. The average Bonchev–Trinajstić information content (AvgIpc) is 2.78. The van der Waals surface area contributed by atoms with E-state index in [4.69, 9.17) is 4.74 Å². The molecular weight excluding hydrogens is 326 g/mol. The van der Waals surface area contributed by atoms with E-state index >= 15 is 0 Å². The fraction of sp³-hybridized carbons (Fsp3) is 0.667. The third-order valence-electron chi connectivity index (χ3n) is 4.52. The Bertz CT molecular complexity index is 427. The molecular formula is C18H28BrNO. The van der Waals surface area contributed by atoms with Crippen LogP contribution in [0, 0.1) is 5.92 Å². The van der Waals surface area contributed by atoms with Crippen LogP contribution in [0.1, 0.15) is 63.5 Å². The minimum Gasteiger partial charge on any atom is -0.497 e. The first-order chi connectivity index (χ1) is 10.3. The summed E-state index contributed by atoms with van der Waals surface area (Å²) >= 11 is 3.74. The topological polar surface area (TPSA) is 21.3 Å². The zero-order chi connectivity index (χ0) is 15.1. The molecule has 1 atom stereocenters. The first-order valence-electron chi connectivity index (χ1n) is 8.33. The Kier molecular flexibility index (Phi) is 7.05. The molecule has 0 bridgehead atoms. The highest BCUT2D eigenvalue weighted by molar-refractivity contribution is 9.10. The second kappa shape index (κ2) is 8.79. The molecule has 3 heteroatoms. The molecule has 21 heavy (non-hydrogen) atoms. The van der Waals surface area contributed by atoms with Crippen LogP contribution in [-0.2, 0) is 0 Å². The summed E-state index contributed by atoms with van der Waals surface area (Å²) in [6, 6.07) is 6.78. The Morgan fingerprint density at radius 2 is 1.95 bits per heavy atom. The summed E-state index contributed by atoms with van der Waals surface area (Å²) in [6.07, 6.45) is 9.39. The summed E-state index contributed by atoms with van der Waals surface area (Å²) in [4.78, 5) is 0. The highest BCUT2D eigenvalue weighted by Gasteiger charge is 2.25. The van der Waals surface area contributed by atoms with E-state index in [-0.39, 0.29) is 0 Å². The van der Waals surface area contributed by atoms with Crippen LogP contribution in [0.3, 0.4) is 0 Å². The second-order valence-corrected chi connectivity index (χ2v) is 6.93. The second-order valence-electron chi connectivity index (χ2n) is 6.07. The van der Waals surface area contributed by atoms with Gasteiger partial charge < -0.3 is 10.1 Å². The number of ether oxygens (including phenoxy) is 1. The van der Waals surface area contributed by atoms with Gasteiger partial charge in [0.2, 0.25) is 0 Å². The minimum atomic E-state index is 0.438. The Balaban J connectivity index is 2.25. The fourth-order valence-electron chi connectivity index (χ4n) is 3.36. The standard InChI is InChI=1S/C18H28BrNO/c1-3-12-20-18(14-8-6-4-5-7-9-14)16-13-15(21-2)10-11-17(16)19/h10-11,13-14,18,20H,3-9,12H2,1-2H3. The van der Waals surface area contributed by atoms with E-state index in [1.54, 1.807) is 7.11 Å². The molecule has 1 fully saturated rings. The predicted molar refractivity (Wildman–Crippen MR) is 92.9 cm³/mol. The Morgan fingerprint density at radius 3 is 2.57 bits per heavy atom. The van der Waals surface area contributed by atoms with Crippen molar-refractivity contribution in [3.8, 4) is 5.75 Å². The van der Waals surface area contributed by atoms with Gasteiger partial charge in [-0.15, -0.1) is 0 Å². The minimum absolute atomic E-state index is 0.438. The van der Waals surface area contributed by atoms with Crippen molar-refractivity contribution in [3.05, 3.63) is 28.2 Å². The molecule has 0 saturated heterocycles. The van der Waals surface area contributed by atoms with Crippen molar-refractivity contribution < 1.29 is 4.74 Å². The van der Waals surface area contributed by atoms with E-state index in [1.807, 2.05) is 6.07 Å². The largest absolute Gasteiger partial charge is 0.497 e. The van der Waals surface area contributed by atoms with Gasteiger partial charge in [-0.3, -0.25) is 0 Å². The third-order valence-corrected chi connectivity index (χ3v) is 5.25. The molecule has 0 spiro atoms. The number of halogens is 1. The number of rotatable bonds is 6. The van der Waals surface area contributed by atoms with Crippen molar-refractivity contribution in [1.29, 1.82) is 0 Å². The van der Waals surface area contributed by atoms with Crippen LogP contribution < -0.4 is 10.1 Å². The summed E-state index contributed by atoms with van der Waals surface area (Å²) in [7, 11) is 1.74. The number of benzene rings is 1. The molecule has 1 aliphatic rings. The van der Waals surface area contributed by atoms with E-state index in [0.29, 0.717) is 6.04 Å². The average molecular weight is 354 g/mol. The predicted octanol–water partition coefficient (Wildman–Crippen LogP) is 5.47. The smallest absolute Gasteiger partial charge is 0.119 e. The molecule has 1 aromatic rings. The lowest BCUT2D eigenvalue weighted by atomic mass is 9.87. The van der Waals surface area contributed by atoms with Crippen LogP contribution in [0.15, 0.2) is 22.7 Å². The van der Waals surface area contributed by atoms with E-state index in [2.05, 4.69) is 40.3 Å². The molecule has 1 aromatic carbocycles. The van der Waals surface area contributed by atoms with Gasteiger partial charge in [0.1, 0.15) is 5.75 Å². The van der Waals surface area contributed by atoms with E-state index in [0.717, 1.165) is 18.2 Å². The maximum absolute atomic E-state index is 5.43. The van der Waals surface area contributed by atoms with Crippen LogP contribution in [0.4, 0.5) is 0 Å². The maximum Gasteiger partial charge on any atom is 0.119 e. The normalized spacial score (nSPS) is 18.2. The first-order valence-corrected chi connectivity index (χ1v) is 9.12. The molecule has 0 aliphatic heterocycles. The summed E-state index contributed by atoms with van der Waals surface area (Å²) in [5.74, 6) is 1.69. The zero-order valence-corrected chi connectivity index (χ0v) is 14.9. The molecule has 118 valence electrons. The fourth-order valence-corrected chi connectivity index (χ4v) is 3.86. The first kappa shape index (κ1) is 16.8. The molecule has 2 nitrogen and oxygen atoms in total. The number of nitrogens with one attached hydrogen (secondary N) is 1. The molecule has 1 N–H and O–H groups in total. The molecule has 1 saturated carbocycles. The van der Waals surface area contributed by atoms with E-state index < -0.39 is 0 Å². The quantitative estimate of drug-likeness (QED) is 0.684. The highest BCUT2D eigenvalue weighted by Crippen LogP contribution is 2.37. The molecule has 1 aliphatic carbocycles. The number of hydrogen-bond donors (Lipinski definition) is 1. The van der Waals surface area contributed by atoms with Gasteiger partial charge in [0.15, 0.2) is 0 Å². The van der Waals surface area contributed by atoms with Gasteiger partial charge in [-0.05, 0) is 55.5 Å². The maximum atomic E-state index is 5.43. The van der Waals surface area contributed by atoms with Crippen LogP contribution in [0.5, 0.6) is 5.75 Å². The third kappa shape index (κ3) is 4.72. The lowest BCUT2D eigenvalue weighted by Gasteiger charge is -2.29. The Morgan fingerprint density at radius 1 is 1.24 bits per heavy atom. The summed E-state index contributed by atoms with van der Waals surface area (Å²) in [6.45, 7) is 3.31. The van der Waals surface area contributed by atoms with Gasteiger partial charge in [0.05, 0.1) is 7.11 Å². The van der Waals surface area contributed by atoms with Crippen LogP contribution in [0.25, 0.3) is 0 Å². The van der Waals surface area contributed by atoms with Gasteiger partial charge in [-0.1, -0.05) is 48.5 Å². The Labute approximate surface area is 137 Å². The monoisotopic (exact) mass is 353 g/mol. The van der Waals surface area contributed by atoms with Crippen LogP contribution in [0.2, 0.25) is 0 Å². The molecule has 1 unspecified atom stereocenters. The molecule has 0 amide bonds. The molecule has 0 aromatic heterocycles. The summed E-state index contributed by atoms with van der Waals surface area (Å²) in [5.41, 5.74) is 1.36. The lowest BCUT2D eigenvalue weighted by Crippen LogP contribution is -2.29. The molecule has 0 heterocycles. The van der Waals surface area contributed by atoms with Gasteiger partial charge in [-0.25, -0.2) is 0 Å². The van der Waals surface area contributed by atoms with Gasteiger partial charge >= 0.3 is 0 Å². The lowest BCUT2D eigenvalue weighted by molar-refractivity contribution is 0.323. The number of methoxy groups -OCH3 is 1. The summed E-state index contributed by atoms with van der Waals surface area (Å²) in [5, 5.41) is 3.79. The van der Waals surface area contributed by atoms with E-state index in [1.165, 1.54) is 55.0 Å². The van der Waals surface area contributed by atoms with Crippen molar-refractivity contribution in [2.24, 2.45) is 5.92 Å². The SMILES string of the molecule is CCCNC(c1cc(OC)ccc1Br)C1CCCCCC1. The van der Waals surface area contributed by atoms with Crippen molar-refractivity contribution in [1.82, 2.24) is 5.32 Å². The molecule has 2 rings (SSSR count). The van der Waals surface area contributed by atoms with E-state index in [9.17, 15) is 0 Å². The van der Waals surface area contributed by atoms with Crippen molar-refractivity contribution in [2.75, 3.05) is 13.7 Å². The van der Waals surface area contributed by atoms with Gasteiger partial charge in [0, 0.05) is 10.5 Å². The van der Waals surface area contributed by atoms with Crippen molar-refractivity contribution >= 4 is 15.9 Å². The molecule has 0 radical (unpaired) electrons. The Hall–Kier alpha value is -0.540.